The lowest BCUT2D eigenvalue weighted by molar-refractivity contribution is 0.00998. The second kappa shape index (κ2) is 7.31. The van der Waals surface area contributed by atoms with Crippen LogP contribution in [0, 0.1) is 17.8 Å². The maximum absolute atomic E-state index is 5.55. The van der Waals surface area contributed by atoms with Crippen molar-refractivity contribution < 1.29 is 9.47 Å². The fourth-order valence-electron chi connectivity index (χ4n) is 1.46. The SMILES string of the molecule is ClCCC#Cc1ccc(OCOCC2CC2)cc1. The molecule has 1 fully saturated rings. The maximum Gasteiger partial charge on any atom is 0.189 e. The highest BCUT2D eigenvalue weighted by Gasteiger charge is 2.20. The summed E-state index contributed by atoms with van der Waals surface area (Å²) >= 11 is 5.55. The van der Waals surface area contributed by atoms with Crippen LogP contribution in [-0.2, 0) is 4.74 Å². The van der Waals surface area contributed by atoms with Gasteiger partial charge in [-0.2, -0.15) is 0 Å². The Kier molecular flexibility index (Phi) is 5.38. The first-order valence-electron chi connectivity index (χ1n) is 6.24. The Labute approximate surface area is 113 Å². The minimum Gasteiger partial charge on any atom is -0.468 e. The molecule has 0 N–H and O–H groups in total. The molecule has 0 spiro atoms. The van der Waals surface area contributed by atoms with Gasteiger partial charge in [0, 0.05) is 17.9 Å². The topological polar surface area (TPSA) is 18.5 Å². The third kappa shape index (κ3) is 5.00. The molecule has 1 aromatic rings. The van der Waals surface area contributed by atoms with Gasteiger partial charge in [0.25, 0.3) is 0 Å². The minimum absolute atomic E-state index is 0.327. The lowest BCUT2D eigenvalue weighted by Gasteiger charge is -2.06. The molecular formula is C15H17ClO2. The highest BCUT2D eigenvalue weighted by Crippen LogP contribution is 2.28. The highest BCUT2D eigenvalue weighted by atomic mass is 35.5. The Morgan fingerprint density at radius 3 is 2.67 bits per heavy atom. The zero-order valence-corrected chi connectivity index (χ0v) is 11.1. The van der Waals surface area contributed by atoms with Crippen LogP contribution in [0.15, 0.2) is 24.3 Å². The van der Waals surface area contributed by atoms with Gasteiger partial charge in [-0.05, 0) is 43.0 Å². The molecule has 3 heteroatoms. The van der Waals surface area contributed by atoms with E-state index in [1.165, 1.54) is 12.8 Å². The summed E-state index contributed by atoms with van der Waals surface area (Å²) in [6, 6.07) is 7.70. The van der Waals surface area contributed by atoms with E-state index in [9.17, 15) is 0 Å². The third-order valence-electron chi connectivity index (χ3n) is 2.67. The first-order valence-corrected chi connectivity index (χ1v) is 6.77. The fourth-order valence-corrected chi connectivity index (χ4v) is 1.55. The van der Waals surface area contributed by atoms with Crippen LogP contribution in [0.2, 0.25) is 0 Å². The Balaban J connectivity index is 1.71. The number of rotatable bonds is 6. The monoisotopic (exact) mass is 264 g/mol. The van der Waals surface area contributed by atoms with E-state index in [1.807, 2.05) is 24.3 Å². The van der Waals surface area contributed by atoms with Crippen LogP contribution < -0.4 is 4.74 Å². The summed E-state index contributed by atoms with van der Waals surface area (Å²) < 4.78 is 10.9. The smallest absolute Gasteiger partial charge is 0.189 e. The molecule has 96 valence electrons. The van der Waals surface area contributed by atoms with Gasteiger partial charge in [-0.1, -0.05) is 11.8 Å². The van der Waals surface area contributed by atoms with E-state index in [0.717, 1.165) is 30.3 Å². The zero-order valence-electron chi connectivity index (χ0n) is 10.3. The van der Waals surface area contributed by atoms with Crippen molar-refractivity contribution in [3.63, 3.8) is 0 Å². The molecule has 0 unspecified atom stereocenters. The summed E-state index contributed by atoms with van der Waals surface area (Å²) in [5.74, 6) is 8.20. The van der Waals surface area contributed by atoms with Gasteiger partial charge in [0.2, 0.25) is 0 Å². The standard InChI is InChI=1S/C15H17ClO2/c16-10-2-1-3-13-6-8-15(9-7-13)18-12-17-11-14-4-5-14/h6-9,14H,2,4-5,10-12H2. The van der Waals surface area contributed by atoms with Gasteiger partial charge in [0.15, 0.2) is 6.79 Å². The van der Waals surface area contributed by atoms with Gasteiger partial charge in [-0.15, -0.1) is 11.6 Å². The second-order valence-corrected chi connectivity index (χ2v) is 4.72. The molecule has 1 saturated carbocycles. The van der Waals surface area contributed by atoms with Gasteiger partial charge in [0.1, 0.15) is 5.75 Å². The largest absolute Gasteiger partial charge is 0.468 e. The van der Waals surface area contributed by atoms with Crippen LogP contribution in [0.1, 0.15) is 24.8 Å². The molecule has 0 aromatic heterocycles. The van der Waals surface area contributed by atoms with E-state index < -0.39 is 0 Å². The van der Waals surface area contributed by atoms with Gasteiger partial charge in [-0.25, -0.2) is 0 Å². The van der Waals surface area contributed by atoms with Gasteiger partial charge >= 0.3 is 0 Å². The van der Waals surface area contributed by atoms with Crippen molar-refractivity contribution in [2.45, 2.75) is 19.3 Å². The van der Waals surface area contributed by atoms with Crippen LogP contribution in [0.5, 0.6) is 5.75 Å². The molecule has 1 aliphatic carbocycles. The molecule has 0 bridgehead atoms. The Morgan fingerprint density at radius 2 is 2.00 bits per heavy atom. The van der Waals surface area contributed by atoms with E-state index in [4.69, 9.17) is 21.1 Å². The summed E-state index contributed by atoms with van der Waals surface area (Å²) in [6.07, 6.45) is 3.32. The lowest BCUT2D eigenvalue weighted by atomic mass is 10.2. The number of benzene rings is 1. The molecule has 1 aliphatic rings. The van der Waals surface area contributed by atoms with Gasteiger partial charge in [0.05, 0.1) is 6.61 Å². The molecule has 0 saturated heterocycles. The number of hydrogen-bond donors (Lipinski definition) is 0. The van der Waals surface area contributed by atoms with Crippen LogP contribution in [0.25, 0.3) is 0 Å². The average molecular weight is 265 g/mol. The minimum atomic E-state index is 0.327. The molecular weight excluding hydrogens is 248 g/mol. The predicted octanol–water partition coefficient (Wildman–Crippen LogP) is 3.43. The molecule has 2 nitrogen and oxygen atoms in total. The van der Waals surface area contributed by atoms with Gasteiger partial charge < -0.3 is 9.47 Å². The first-order chi connectivity index (χ1) is 8.88. The number of ether oxygens (including phenoxy) is 2. The van der Waals surface area contributed by atoms with Crippen LogP contribution in [0.4, 0.5) is 0 Å². The van der Waals surface area contributed by atoms with Crippen molar-refractivity contribution in [2.24, 2.45) is 5.92 Å². The van der Waals surface area contributed by atoms with Crippen LogP contribution in [0.3, 0.4) is 0 Å². The van der Waals surface area contributed by atoms with Crippen molar-refractivity contribution in [1.29, 1.82) is 0 Å². The summed E-state index contributed by atoms with van der Waals surface area (Å²) in [5, 5.41) is 0. The number of alkyl halides is 1. The van der Waals surface area contributed by atoms with E-state index in [-0.39, 0.29) is 0 Å². The number of halogens is 1. The molecule has 0 heterocycles. The Hall–Kier alpha value is -1.17. The number of hydrogen-bond acceptors (Lipinski definition) is 2. The third-order valence-corrected chi connectivity index (χ3v) is 2.85. The predicted molar refractivity (Wildman–Crippen MR) is 72.8 cm³/mol. The van der Waals surface area contributed by atoms with Crippen molar-refractivity contribution in [2.75, 3.05) is 19.3 Å². The normalized spacial score (nSPS) is 13.8. The van der Waals surface area contributed by atoms with E-state index in [0.29, 0.717) is 12.7 Å². The molecule has 0 amide bonds. The summed E-state index contributed by atoms with van der Waals surface area (Å²) in [6.45, 7) is 1.15. The van der Waals surface area contributed by atoms with Crippen molar-refractivity contribution in [1.82, 2.24) is 0 Å². The quantitative estimate of drug-likeness (QED) is 0.339. The molecule has 2 rings (SSSR count). The lowest BCUT2D eigenvalue weighted by Crippen LogP contribution is -2.04. The first kappa shape index (κ1) is 13.3. The Bertz CT molecular complexity index is 412. The second-order valence-electron chi connectivity index (χ2n) is 4.34. The molecule has 0 atom stereocenters. The fraction of sp³-hybridized carbons (Fsp3) is 0.467. The molecule has 0 aliphatic heterocycles. The van der Waals surface area contributed by atoms with Gasteiger partial charge in [-0.3, -0.25) is 0 Å². The molecule has 1 aromatic carbocycles. The highest BCUT2D eigenvalue weighted by molar-refractivity contribution is 6.18. The summed E-state index contributed by atoms with van der Waals surface area (Å²) in [4.78, 5) is 0. The zero-order chi connectivity index (χ0) is 12.6. The van der Waals surface area contributed by atoms with Crippen molar-refractivity contribution in [3.05, 3.63) is 29.8 Å². The molecule has 18 heavy (non-hydrogen) atoms. The summed E-state index contributed by atoms with van der Waals surface area (Å²) in [5.41, 5.74) is 0.978. The van der Waals surface area contributed by atoms with E-state index in [2.05, 4.69) is 11.8 Å². The average Bonchev–Trinajstić information content (AvgIpc) is 3.21. The summed E-state index contributed by atoms with van der Waals surface area (Å²) in [7, 11) is 0. The Morgan fingerprint density at radius 1 is 1.22 bits per heavy atom. The maximum atomic E-state index is 5.55. The van der Waals surface area contributed by atoms with Crippen molar-refractivity contribution in [3.8, 4) is 17.6 Å². The molecule has 0 radical (unpaired) electrons. The van der Waals surface area contributed by atoms with Crippen LogP contribution >= 0.6 is 11.6 Å². The van der Waals surface area contributed by atoms with E-state index >= 15 is 0 Å². The van der Waals surface area contributed by atoms with Crippen molar-refractivity contribution >= 4 is 11.6 Å². The van der Waals surface area contributed by atoms with E-state index in [1.54, 1.807) is 0 Å². The van der Waals surface area contributed by atoms with Crippen LogP contribution in [-0.4, -0.2) is 19.3 Å².